The molecule has 1 aliphatic rings. The molecule has 0 saturated heterocycles. The van der Waals surface area contributed by atoms with E-state index in [1.807, 2.05) is 54.6 Å². The molecule has 4 aromatic rings. The summed E-state index contributed by atoms with van der Waals surface area (Å²) in [6.45, 7) is 0. The zero-order chi connectivity index (χ0) is 20.5. The Hall–Kier alpha value is -4.19. The maximum absolute atomic E-state index is 13.0. The molecular weight excluding hydrogens is 376 g/mol. The van der Waals surface area contributed by atoms with Crippen LogP contribution < -0.4 is 5.43 Å². The highest BCUT2D eigenvalue weighted by Crippen LogP contribution is 2.25. The van der Waals surface area contributed by atoms with Crippen LogP contribution in [0.1, 0.15) is 32.7 Å². The Morgan fingerprint density at radius 1 is 0.933 bits per heavy atom. The number of fused-ring (bicyclic) bond motifs is 2. The Labute approximate surface area is 172 Å². The van der Waals surface area contributed by atoms with Crippen LogP contribution >= 0.6 is 0 Å². The summed E-state index contributed by atoms with van der Waals surface area (Å²) in [5.41, 5.74) is 7.32. The van der Waals surface area contributed by atoms with Gasteiger partial charge in [-0.1, -0.05) is 42.5 Å². The van der Waals surface area contributed by atoms with Crippen LogP contribution in [0.15, 0.2) is 84.2 Å². The Morgan fingerprint density at radius 2 is 1.67 bits per heavy atom. The van der Waals surface area contributed by atoms with Gasteiger partial charge < -0.3 is 0 Å². The van der Waals surface area contributed by atoms with Crippen LogP contribution in [0.2, 0.25) is 0 Å². The molecule has 0 saturated carbocycles. The summed E-state index contributed by atoms with van der Waals surface area (Å²) in [4.78, 5) is 33.9. The summed E-state index contributed by atoms with van der Waals surface area (Å²) < 4.78 is 0. The fourth-order valence-electron chi connectivity index (χ4n) is 3.63. The molecule has 5 rings (SSSR count). The number of hydrazone groups is 1. The van der Waals surface area contributed by atoms with Crippen LogP contribution in [0.25, 0.3) is 22.2 Å². The van der Waals surface area contributed by atoms with Gasteiger partial charge >= 0.3 is 0 Å². The highest BCUT2D eigenvalue weighted by Gasteiger charge is 2.25. The van der Waals surface area contributed by atoms with Crippen molar-refractivity contribution in [2.45, 2.75) is 6.42 Å². The summed E-state index contributed by atoms with van der Waals surface area (Å²) in [7, 11) is 0. The van der Waals surface area contributed by atoms with Crippen molar-refractivity contribution in [2.75, 3.05) is 0 Å². The number of amides is 1. The smallest absolute Gasteiger partial charge is 0.272 e. The lowest BCUT2D eigenvalue weighted by Crippen LogP contribution is -2.20. The van der Waals surface area contributed by atoms with Gasteiger partial charge in [0.25, 0.3) is 5.91 Å². The molecule has 1 amide bonds. The van der Waals surface area contributed by atoms with E-state index in [1.165, 1.54) is 0 Å². The molecule has 0 radical (unpaired) electrons. The van der Waals surface area contributed by atoms with Gasteiger partial charge in [0.05, 0.1) is 28.9 Å². The van der Waals surface area contributed by atoms with Gasteiger partial charge in [0.15, 0.2) is 5.78 Å². The number of para-hydroxylation sites is 1. The lowest BCUT2D eigenvalue weighted by molar-refractivity contribution is 0.0953. The second-order valence-corrected chi connectivity index (χ2v) is 6.95. The van der Waals surface area contributed by atoms with Crippen LogP contribution in [0, 0.1) is 0 Å². The number of ketones is 1. The molecule has 6 heteroatoms. The van der Waals surface area contributed by atoms with Crippen molar-refractivity contribution in [1.82, 2.24) is 15.4 Å². The third-order valence-corrected chi connectivity index (χ3v) is 5.10. The van der Waals surface area contributed by atoms with Crippen molar-refractivity contribution in [3.63, 3.8) is 0 Å². The van der Waals surface area contributed by atoms with Gasteiger partial charge in [0.2, 0.25) is 0 Å². The fraction of sp³-hybridized carbons (Fsp3) is 0.0417. The van der Waals surface area contributed by atoms with Crippen molar-refractivity contribution in [1.29, 1.82) is 0 Å². The number of carbonyl (C=O) groups is 2. The normalized spacial score (nSPS) is 14.1. The molecule has 2 heterocycles. The zero-order valence-corrected chi connectivity index (χ0v) is 15.9. The van der Waals surface area contributed by atoms with Gasteiger partial charge in [-0.2, -0.15) is 5.10 Å². The predicted molar refractivity (Wildman–Crippen MR) is 114 cm³/mol. The molecule has 1 aliphatic carbocycles. The van der Waals surface area contributed by atoms with Crippen molar-refractivity contribution in [3.05, 3.63) is 95.8 Å². The first-order valence-corrected chi connectivity index (χ1v) is 9.50. The number of rotatable bonds is 3. The Bertz CT molecular complexity index is 1330. The maximum atomic E-state index is 13.0. The third kappa shape index (κ3) is 3.14. The standard InChI is InChI=1S/C24H16N4O2/c29-23-14-22(16-5-1-2-7-18(16)23)27-28-24(30)19-13-21(15-9-11-25-12-10-15)26-20-8-4-3-6-17(19)20/h1-13H,14H2,(H,28,30)/b27-22+. The number of nitrogens with zero attached hydrogens (tertiary/aromatic N) is 3. The van der Waals surface area contributed by atoms with Crippen molar-refractivity contribution >= 4 is 28.3 Å². The van der Waals surface area contributed by atoms with E-state index in [-0.39, 0.29) is 18.1 Å². The molecule has 0 fully saturated rings. The van der Waals surface area contributed by atoms with E-state index in [9.17, 15) is 9.59 Å². The lowest BCUT2D eigenvalue weighted by atomic mass is 10.0. The van der Waals surface area contributed by atoms with Crippen LogP contribution in [0.4, 0.5) is 0 Å². The van der Waals surface area contributed by atoms with Crippen molar-refractivity contribution < 1.29 is 9.59 Å². The summed E-state index contributed by atoms with van der Waals surface area (Å²) in [6.07, 6.45) is 3.55. The van der Waals surface area contributed by atoms with E-state index in [4.69, 9.17) is 0 Å². The monoisotopic (exact) mass is 392 g/mol. The minimum Gasteiger partial charge on any atom is -0.294 e. The van der Waals surface area contributed by atoms with Crippen molar-refractivity contribution in [3.8, 4) is 11.3 Å². The molecule has 0 aliphatic heterocycles. The fourth-order valence-corrected chi connectivity index (χ4v) is 3.63. The van der Waals surface area contributed by atoms with E-state index in [2.05, 4.69) is 20.5 Å². The number of hydrogen-bond acceptors (Lipinski definition) is 5. The number of Topliss-reactive ketones (excluding diaryl/α,β-unsaturated/α-hetero) is 1. The number of nitrogens with one attached hydrogen (secondary N) is 1. The van der Waals surface area contributed by atoms with Crippen LogP contribution in [-0.2, 0) is 0 Å². The SMILES string of the molecule is O=C1C/C(=N\NC(=O)c2cc(-c3ccncc3)nc3ccccc23)c2ccccc21. The summed E-state index contributed by atoms with van der Waals surface area (Å²) in [5.74, 6) is -0.346. The summed E-state index contributed by atoms with van der Waals surface area (Å²) >= 11 is 0. The van der Waals surface area contributed by atoms with E-state index in [1.54, 1.807) is 24.5 Å². The molecule has 0 unspecified atom stereocenters. The minimum absolute atomic E-state index is 0.00735. The molecule has 0 spiro atoms. The summed E-state index contributed by atoms with van der Waals surface area (Å²) in [6, 6.07) is 20.2. The van der Waals surface area contributed by atoms with Crippen LogP contribution in [0.3, 0.4) is 0 Å². The van der Waals surface area contributed by atoms with Gasteiger partial charge in [-0.15, -0.1) is 0 Å². The zero-order valence-electron chi connectivity index (χ0n) is 15.9. The molecule has 6 nitrogen and oxygen atoms in total. The molecule has 1 N–H and O–H groups in total. The number of hydrogen-bond donors (Lipinski definition) is 1. The van der Waals surface area contributed by atoms with Crippen molar-refractivity contribution in [2.24, 2.45) is 5.10 Å². The number of carbonyl (C=O) groups excluding carboxylic acids is 2. The van der Waals surface area contributed by atoms with Gasteiger partial charge in [-0.3, -0.25) is 14.6 Å². The highest BCUT2D eigenvalue weighted by molar-refractivity contribution is 6.26. The average Bonchev–Trinajstić information content (AvgIpc) is 3.13. The third-order valence-electron chi connectivity index (χ3n) is 5.10. The molecular formula is C24H16N4O2. The average molecular weight is 392 g/mol. The first-order chi connectivity index (χ1) is 14.7. The predicted octanol–water partition coefficient (Wildman–Crippen LogP) is 4.02. The second-order valence-electron chi connectivity index (χ2n) is 6.95. The Morgan fingerprint density at radius 3 is 2.50 bits per heavy atom. The van der Waals surface area contributed by atoms with E-state index >= 15 is 0 Å². The molecule has 30 heavy (non-hydrogen) atoms. The van der Waals surface area contributed by atoms with Gasteiger partial charge in [-0.25, -0.2) is 10.4 Å². The van der Waals surface area contributed by atoms with E-state index in [0.29, 0.717) is 28.0 Å². The molecule has 144 valence electrons. The van der Waals surface area contributed by atoms with Gasteiger partial charge in [-0.05, 0) is 24.3 Å². The van der Waals surface area contributed by atoms with Crippen LogP contribution in [-0.4, -0.2) is 27.4 Å². The Kier molecular flexibility index (Phi) is 4.37. The van der Waals surface area contributed by atoms with E-state index < -0.39 is 0 Å². The number of pyridine rings is 2. The van der Waals surface area contributed by atoms with Crippen LogP contribution in [0.5, 0.6) is 0 Å². The topological polar surface area (TPSA) is 84.3 Å². The lowest BCUT2D eigenvalue weighted by Gasteiger charge is -2.09. The molecule has 2 aromatic heterocycles. The minimum atomic E-state index is -0.353. The first kappa shape index (κ1) is 17.9. The maximum Gasteiger partial charge on any atom is 0.272 e. The number of benzene rings is 2. The first-order valence-electron chi connectivity index (χ1n) is 9.50. The molecule has 0 atom stereocenters. The number of aromatic nitrogens is 2. The second kappa shape index (κ2) is 7.33. The van der Waals surface area contributed by atoms with Gasteiger partial charge in [0.1, 0.15) is 0 Å². The molecule has 0 bridgehead atoms. The van der Waals surface area contributed by atoms with E-state index in [0.717, 1.165) is 16.5 Å². The quantitative estimate of drug-likeness (QED) is 0.534. The largest absolute Gasteiger partial charge is 0.294 e. The Balaban J connectivity index is 1.53. The highest BCUT2D eigenvalue weighted by atomic mass is 16.2. The molecule has 2 aromatic carbocycles. The van der Waals surface area contributed by atoms with Gasteiger partial charge in [0, 0.05) is 34.5 Å². The summed E-state index contributed by atoms with van der Waals surface area (Å²) in [5, 5.41) is 5.00.